The van der Waals surface area contributed by atoms with Crippen molar-refractivity contribution in [3.8, 4) is 11.5 Å². The fraction of sp³-hybridized carbons (Fsp3) is 0.238. The molecule has 0 fully saturated rings. The van der Waals surface area contributed by atoms with E-state index in [0.29, 0.717) is 18.3 Å². The van der Waals surface area contributed by atoms with Crippen LogP contribution in [0.25, 0.3) is 22.5 Å². The summed E-state index contributed by atoms with van der Waals surface area (Å²) in [5.41, 5.74) is 4.06. The molecular formula is C21H21N3O2S. The van der Waals surface area contributed by atoms with Crippen LogP contribution in [0.3, 0.4) is 0 Å². The van der Waals surface area contributed by atoms with Crippen LogP contribution in [-0.2, 0) is 17.0 Å². The Bertz CT molecular complexity index is 1040. The second kappa shape index (κ2) is 7.98. The van der Waals surface area contributed by atoms with E-state index in [1.54, 1.807) is 18.9 Å². The number of hydrogen-bond donors (Lipinski definition) is 0. The third-order valence-electron chi connectivity index (χ3n) is 4.39. The van der Waals surface area contributed by atoms with Gasteiger partial charge in [-0.15, -0.1) is 0 Å². The summed E-state index contributed by atoms with van der Waals surface area (Å²) < 4.78 is 13.3. The summed E-state index contributed by atoms with van der Waals surface area (Å²) in [6.45, 7) is 3.38. The van der Waals surface area contributed by atoms with Crippen molar-refractivity contribution in [3.63, 3.8) is 0 Å². The quantitative estimate of drug-likeness (QED) is 0.426. The highest BCUT2D eigenvalue weighted by molar-refractivity contribution is 7.98. The van der Waals surface area contributed by atoms with Crippen molar-refractivity contribution in [2.24, 2.45) is 0 Å². The molecule has 4 aromatic rings. The number of thioether (sulfide) groups is 1. The Balaban J connectivity index is 1.58. The number of fused-ring (bicyclic) bond motifs is 1. The molecule has 5 nitrogen and oxygen atoms in total. The van der Waals surface area contributed by atoms with Crippen molar-refractivity contribution in [2.45, 2.75) is 24.4 Å². The van der Waals surface area contributed by atoms with Gasteiger partial charge < -0.3 is 13.7 Å². The van der Waals surface area contributed by atoms with Gasteiger partial charge in [-0.1, -0.05) is 42.1 Å². The smallest absolute Gasteiger partial charge is 0.226 e. The second-order valence-corrected chi connectivity index (χ2v) is 7.15. The fourth-order valence-corrected chi connectivity index (χ4v) is 4.00. The largest absolute Gasteiger partial charge is 0.441 e. The van der Waals surface area contributed by atoms with Gasteiger partial charge in [0.2, 0.25) is 5.89 Å². The minimum atomic E-state index is 0.648. The Labute approximate surface area is 162 Å². The minimum Gasteiger partial charge on any atom is -0.441 e. The van der Waals surface area contributed by atoms with E-state index in [4.69, 9.17) is 19.1 Å². The third kappa shape index (κ3) is 3.77. The van der Waals surface area contributed by atoms with E-state index >= 15 is 0 Å². The maximum Gasteiger partial charge on any atom is 0.226 e. The lowest BCUT2D eigenvalue weighted by Gasteiger charge is -2.07. The average molecular weight is 379 g/mol. The Hall–Kier alpha value is -2.57. The molecule has 0 atom stereocenters. The maximum atomic E-state index is 5.87. The number of methoxy groups -OCH3 is 1. The number of oxazole rings is 1. The molecule has 0 saturated carbocycles. The van der Waals surface area contributed by atoms with Gasteiger partial charge in [-0.2, -0.15) is 0 Å². The van der Waals surface area contributed by atoms with Gasteiger partial charge in [0, 0.05) is 25.0 Å². The standard InChI is InChI=1S/C21H21N3O2S/c1-15-18(22-20(26-15)16-8-4-3-5-9-16)14-27-21-23-17-10-6-7-11-19(17)24(21)12-13-25-2/h3-11H,12-14H2,1-2H3. The maximum absolute atomic E-state index is 5.87. The van der Waals surface area contributed by atoms with Gasteiger partial charge >= 0.3 is 0 Å². The highest BCUT2D eigenvalue weighted by Crippen LogP contribution is 2.29. The lowest BCUT2D eigenvalue weighted by Crippen LogP contribution is -2.05. The van der Waals surface area contributed by atoms with Crippen LogP contribution in [0.1, 0.15) is 11.5 Å². The van der Waals surface area contributed by atoms with Crippen LogP contribution >= 0.6 is 11.8 Å². The van der Waals surface area contributed by atoms with Crippen molar-refractivity contribution < 1.29 is 9.15 Å². The Morgan fingerprint density at radius 3 is 2.63 bits per heavy atom. The summed E-state index contributed by atoms with van der Waals surface area (Å²) in [5.74, 6) is 2.22. The van der Waals surface area contributed by atoms with Gasteiger partial charge in [-0.05, 0) is 31.2 Å². The molecule has 0 radical (unpaired) electrons. The number of aromatic nitrogens is 3. The number of benzene rings is 2. The predicted molar refractivity (Wildman–Crippen MR) is 108 cm³/mol. The van der Waals surface area contributed by atoms with E-state index in [9.17, 15) is 0 Å². The van der Waals surface area contributed by atoms with Crippen LogP contribution in [0, 0.1) is 6.92 Å². The van der Waals surface area contributed by atoms with E-state index in [0.717, 1.165) is 39.8 Å². The number of aryl methyl sites for hydroxylation is 1. The number of para-hydroxylation sites is 2. The van der Waals surface area contributed by atoms with Crippen molar-refractivity contribution >= 4 is 22.8 Å². The van der Waals surface area contributed by atoms with Crippen molar-refractivity contribution in [1.29, 1.82) is 0 Å². The molecule has 2 aromatic carbocycles. The highest BCUT2D eigenvalue weighted by atomic mass is 32.2. The summed E-state index contributed by atoms with van der Waals surface area (Å²) in [5, 5.41) is 0.969. The van der Waals surface area contributed by atoms with Gasteiger partial charge in [0.1, 0.15) is 5.76 Å². The second-order valence-electron chi connectivity index (χ2n) is 6.20. The summed E-state index contributed by atoms with van der Waals surface area (Å²) in [6.07, 6.45) is 0. The van der Waals surface area contributed by atoms with E-state index in [1.165, 1.54) is 0 Å². The molecule has 0 N–H and O–H groups in total. The molecule has 0 unspecified atom stereocenters. The number of nitrogens with zero attached hydrogens (tertiary/aromatic N) is 3. The normalized spacial score (nSPS) is 11.3. The summed E-state index contributed by atoms with van der Waals surface area (Å²) in [7, 11) is 1.72. The van der Waals surface area contributed by atoms with Gasteiger partial charge in [0.05, 0.1) is 23.3 Å². The molecule has 0 aliphatic rings. The SMILES string of the molecule is COCCn1c(SCc2nc(-c3ccccc3)oc2C)nc2ccccc21. The monoisotopic (exact) mass is 379 g/mol. The average Bonchev–Trinajstić information content (AvgIpc) is 3.25. The Morgan fingerprint density at radius 1 is 1.04 bits per heavy atom. The molecule has 138 valence electrons. The first-order valence-corrected chi connectivity index (χ1v) is 9.83. The zero-order valence-corrected chi connectivity index (χ0v) is 16.2. The molecule has 0 spiro atoms. The molecule has 27 heavy (non-hydrogen) atoms. The topological polar surface area (TPSA) is 53.1 Å². The van der Waals surface area contributed by atoms with Crippen LogP contribution in [0.15, 0.2) is 64.2 Å². The van der Waals surface area contributed by atoms with Gasteiger partial charge in [0.15, 0.2) is 5.16 Å². The van der Waals surface area contributed by atoms with Crippen LogP contribution < -0.4 is 0 Å². The molecule has 0 amide bonds. The first-order chi connectivity index (χ1) is 13.3. The summed E-state index contributed by atoms with van der Waals surface area (Å²) in [4.78, 5) is 9.48. The van der Waals surface area contributed by atoms with E-state index in [1.807, 2.05) is 55.5 Å². The summed E-state index contributed by atoms with van der Waals surface area (Å²) in [6, 6.07) is 18.2. The Morgan fingerprint density at radius 2 is 1.81 bits per heavy atom. The van der Waals surface area contributed by atoms with Crippen LogP contribution in [0.2, 0.25) is 0 Å². The zero-order valence-electron chi connectivity index (χ0n) is 15.4. The first-order valence-electron chi connectivity index (χ1n) is 8.85. The van der Waals surface area contributed by atoms with E-state index in [-0.39, 0.29) is 0 Å². The molecule has 6 heteroatoms. The van der Waals surface area contributed by atoms with E-state index in [2.05, 4.69) is 10.6 Å². The molecule has 0 saturated heterocycles. The molecule has 4 rings (SSSR count). The molecule has 0 aliphatic carbocycles. The van der Waals surface area contributed by atoms with Gasteiger partial charge in [-0.3, -0.25) is 0 Å². The highest BCUT2D eigenvalue weighted by Gasteiger charge is 2.15. The predicted octanol–water partition coefficient (Wildman–Crippen LogP) is 4.94. The number of ether oxygens (including phenoxy) is 1. The van der Waals surface area contributed by atoms with Crippen molar-refractivity contribution in [1.82, 2.24) is 14.5 Å². The van der Waals surface area contributed by atoms with Crippen LogP contribution in [-0.4, -0.2) is 28.3 Å². The van der Waals surface area contributed by atoms with Crippen molar-refractivity contribution in [3.05, 3.63) is 66.1 Å². The molecular weight excluding hydrogens is 358 g/mol. The number of hydrogen-bond acceptors (Lipinski definition) is 5. The van der Waals surface area contributed by atoms with Gasteiger partial charge in [-0.25, -0.2) is 9.97 Å². The Kier molecular flexibility index (Phi) is 5.27. The molecule has 2 aromatic heterocycles. The minimum absolute atomic E-state index is 0.648. The molecule has 0 aliphatic heterocycles. The lowest BCUT2D eigenvalue weighted by molar-refractivity contribution is 0.186. The third-order valence-corrected chi connectivity index (χ3v) is 5.38. The van der Waals surface area contributed by atoms with E-state index < -0.39 is 0 Å². The van der Waals surface area contributed by atoms with Gasteiger partial charge in [0.25, 0.3) is 0 Å². The van der Waals surface area contributed by atoms with Crippen LogP contribution in [0.5, 0.6) is 0 Å². The van der Waals surface area contributed by atoms with Crippen molar-refractivity contribution in [2.75, 3.05) is 13.7 Å². The van der Waals surface area contributed by atoms with Crippen LogP contribution in [0.4, 0.5) is 0 Å². The summed E-state index contributed by atoms with van der Waals surface area (Å²) >= 11 is 1.67. The molecule has 2 heterocycles. The lowest BCUT2D eigenvalue weighted by atomic mass is 10.2. The fourth-order valence-electron chi connectivity index (χ4n) is 2.96. The zero-order chi connectivity index (χ0) is 18.6. The number of rotatable bonds is 7. The molecule has 0 bridgehead atoms. The number of imidazole rings is 1. The first kappa shape index (κ1) is 17.8.